The zero-order chi connectivity index (χ0) is 17.8. The average Bonchev–Trinajstić information content (AvgIpc) is 2.60. The number of rotatable bonds is 5. The summed E-state index contributed by atoms with van der Waals surface area (Å²) in [5.74, 6) is 1.42. The van der Waals surface area contributed by atoms with Crippen molar-refractivity contribution in [2.75, 3.05) is 13.2 Å². The van der Waals surface area contributed by atoms with Crippen LogP contribution in [-0.2, 0) is 0 Å². The molecule has 2 aromatic carbocycles. The molecule has 6 nitrogen and oxygen atoms in total. The fourth-order valence-electron chi connectivity index (χ4n) is 2.57. The summed E-state index contributed by atoms with van der Waals surface area (Å²) in [5.41, 5.74) is 3.67. The molecule has 0 atom stereocenters. The molecule has 0 amide bonds. The summed E-state index contributed by atoms with van der Waals surface area (Å²) < 4.78 is 5.28. The highest BCUT2D eigenvalue weighted by atomic mass is 16.5. The number of ether oxygens (including phenoxy) is 1. The Balaban J connectivity index is 1.96. The topological polar surface area (TPSA) is 88.4 Å². The van der Waals surface area contributed by atoms with Gasteiger partial charge in [0.1, 0.15) is 24.4 Å². The van der Waals surface area contributed by atoms with Gasteiger partial charge in [0, 0.05) is 11.6 Å². The van der Waals surface area contributed by atoms with E-state index in [4.69, 9.17) is 9.84 Å². The standard InChI is InChI=1S/C19H19N3O3/c1-12-3-5-15(13(2)9-12)18-20-11-21-19(22-18)16-6-4-14(10-17(16)24)25-8-7-23/h3-6,9-11,23-24H,7-8H2,1-2H3. The van der Waals surface area contributed by atoms with Crippen molar-refractivity contribution < 1.29 is 14.9 Å². The molecule has 0 aliphatic carbocycles. The van der Waals surface area contributed by atoms with E-state index in [1.54, 1.807) is 12.1 Å². The van der Waals surface area contributed by atoms with Gasteiger partial charge in [-0.05, 0) is 31.5 Å². The fraction of sp³-hybridized carbons (Fsp3) is 0.211. The van der Waals surface area contributed by atoms with Crippen LogP contribution in [0, 0.1) is 13.8 Å². The summed E-state index contributed by atoms with van der Waals surface area (Å²) in [6.45, 7) is 4.13. The number of aryl methyl sites for hydroxylation is 2. The smallest absolute Gasteiger partial charge is 0.167 e. The highest BCUT2D eigenvalue weighted by Gasteiger charge is 2.12. The van der Waals surface area contributed by atoms with E-state index in [-0.39, 0.29) is 19.0 Å². The Morgan fingerprint density at radius 3 is 2.36 bits per heavy atom. The molecule has 2 N–H and O–H groups in total. The largest absolute Gasteiger partial charge is 0.507 e. The van der Waals surface area contributed by atoms with Gasteiger partial charge in [-0.15, -0.1) is 0 Å². The fourth-order valence-corrected chi connectivity index (χ4v) is 2.57. The number of aliphatic hydroxyl groups excluding tert-OH is 1. The molecule has 1 heterocycles. The monoisotopic (exact) mass is 337 g/mol. The average molecular weight is 337 g/mol. The van der Waals surface area contributed by atoms with Gasteiger partial charge in [0.2, 0.25) is 0 Å². The van der Waals surface area contributed by atoms with E-state index >= 15 is 0 Å². The number of aromatic hydroxyl groups is 1. The zero-order valence-corrected chi connectivity index (χ0v) is 14.1. The maximum atomic E-state index is 10.3. The molecule has 3 rings (SSSR count). The maximum Gasteiger partial charge on any atom is 0.167 e. The van der Waals surface area contributed by atoms with Crippen LogP contribution in [0.1, 0.15) is 11.1 Å². The van der Waals surface area contributed by atoms with Crippen LogP contribution in [0.3, 0.4) is 0 Å². The van der Waals surface area contributed by atoms with Crippen molar-refractivity contribution in [1.82, 2.24) is 15.0 Å². The van der Waals surface area contributed by atoms with Gasteiger partial charge in [-0.1, -0.05) is 23.8 Å². The van der Waals surface area contributed by atoms with Crippen LogP contribution in [-0.4, -0.2) is 38.4 Å². The molecule has 0 saturated carbocycles. The Morgan fingerprint density at radius 1 is 0.960 bits per heavy atom. The van der Waals surface area contributed by atoms with Crippen molar-refractivity contribution in [2.45, 2.75) is 13.8 Å². The molecule has 0 aliphatic rings. The minimum Gasteiger partial charge on any atom is -0.507 e. The van der Waals surface area contributed by atoms with Crippen molar-refractivity contribution in [3.05, 3.63) is 53.9 Å². The van der Waals surface area contributed by atoms with Crippen LogP contribution in [0.15, 0.2) is 42.7 Å². The second-order valence-corrected chi connectivity index (χ2v) is 5.70. The van der Waals surface area contributed by atoms with Gasteiger partial charge < -0.3 is 14.9 Å². The Bertz CT molecular complexity index is 897. The quantitative estimate of drug-likeness (QED) is 0.744. The van der Waals surface area contributed by atoms with Crippen molar-refractivity contribution in [3.63, 3.8) is 0 Å². The molecule has 128 valence electrons. The lowest BCUT2D eigenvalue weighted by atomic mass is 10.1. The number of hydrogen-bond donors (Lipinski definition) is 2. The first-order valence-electron chi connectivity index (χ1n) is 7.92. The van der Waals surface area contributed by atoms with Crippen LogP contribution in [0.5, 0.6) is 11.5 Å². The Hall–Kier alpha value is -2.99. The number of hydrogen-bond acceptors (Lipinski definition) is 6. The van der Waals surface area contributed by atoms with Crippen LogP contribution in [0.2, 0.25) is 0 Å². The Morgan fingerprint density at radius 2 is 1.68 bits per heavy atom. The molecule has 0 radical (unpaired) electrons. The number of phenols is 1. The Labute approximate surface area is 145 Å². The number of aliphatic hydroxyl groups is 1. The highest BCUT2D eigenvalue weighted by Crippen LogP contribution is 2.31. The van der Waals surface area contributed by atoms with E-state index < -0.39 is 0 Å². The van der Waals surface area contributed by atoms with Gasteiger partial charge in [0.15, 0.2) is 11.6 Å². The lowest BCUT2D eigenvalue weighted by molar-refractivity contribution is 0.201. The van der Waals surface area contributed by atoms with Gasteiger partial charge in [-0.2, -0.15) is 0 Å². The minimum atomic E-state index is -0.0881. The first-order valence-corrected chi connectivity index (χ1v) is 7.92. The van der Waals surface area contributed by atoms with Gasteiger partial charge in [-0.3, -0.25) is 0 Å². The lowest BCUT2D eigenvalue weighted by Gasteiger charge is -2.09. The van der Waals surface area contributed by atoms with E-state index in [1.165, 1.54) is 18.0 Å². The van der Waals surface area contributed by atoms with E-state index in [1.807, 2.05) is 26.0 Å². The number of aromatic nitrogens is 3. The predicted molar refractivity (Wildman–Crippen MR) is 94.4 cm³/mol. The summed E-state index contributed by atoms with van der Waals surface area (Å²) in [5, 5.41) is 19.0. The first kappa shape index (κ1) is 16.9. The van der Waals surface area contributed by atoms with E-state index in [0.717, 1.165) is 11.1 Å². The molecule has 0 unspecified atom stereocenters. The van der Waals surface area contributed by atoms with Crippen LogP contribution < -0.4 is 4.74 Å². The van der Waals surface area contributed by atoms with Gasteiger partial charge in [0.05, 0.1) is 12.2 Å². The second kappa shape index (κ2) is 7.27. The van der Waals surface area contributed by atoms with Gasteiger partial charge in [0.25, 0.3) is 0 Å². The van der Waals surface area contributed by atoms with E-state index in [0.29, 0.717) is 23.0 Å². The van der Waals surface area contributed by atoms with E-state index in [9.17, 15) is 5.11 Å². The maximum absolute atomic E-state index is 10.3. The van der Waals surface area contributed by atoms with Crippen LogP contribution in [0.25, 0.3) is 22.8 Å². The zero-order valence-electron chi connectivity index (χ0n) is 14.1. The van der Waals surface area contributed by atoms with Crippen molar-refractivity contribution in [2.24, 2.45) is 0 Å². The molecule has 3 aromatic rings. The minimum absolute atomic E-state index is 0.00761. The molecular formula is C19H19N3O3. The summed E-state index contributed by atoms with van der Waals surface area (Å²) in [4.78, 5) is 12.9. The van der Waals surface area contributed by atoms with Gasteiger partial charge >= 0.3 is 0 Å². The molecule has 25 heavy (non-hydrogen) atoms. The molecule has 0 fully saturated rings. The molecule has 0 aliphatic heterocycles. The predicted octanol–water partition coefficient (Wildman–Crippen LogP) is 2.90. The molecule has 6 heteroatoms. The molecule has 1 aromatic heterocycles. The third kappa shape index (κ3) is 3.75. The Kier molecular flexibility index (Phi) is 4.90. The SMILES string of the molecule is Cc1ccc(-c2ncnc(-c3ccc(OCCO)cc3O)n2)c(C)c1. The van der Waals surface area contributed by atoms with E-state index in [2.05, 4.69) is 21.0 Å². The first-order chi connectivity index (χ1) is 12.1. The lowest BCUT2D eigenvalue weighted by Crippen LogP contribution is -2.01. The molecular weight excluding hydrogens is 318 g/mol. The third-order valence-corrected chi connectivity index (χ3v) is 3.76. The van der Waals surface area contributed by atoms with Crippen molar-refractivity contribution >= 4 is 0 Å². The number of nitrogens with zero attached hydrogens (tertiary/aromatic N) is 3. The molecule has 0 spiro atoms. The summed E-state index contributed by atoms with van der Waals surface area (Å²) in [6.07, 6.45) is 1.44. The highest BCUT2D eigenvalue weighted by molar-refractivity contribution is 5.68. The van der Waals surface area contributed by atoms with Crippen molar-refractivity contribution in [1.29, 1.82) is 0 Å². The van der Waals surface area contributed by atoms with Crippen LogP contribution in [0.4, 0.5) is 0 Å². The molecule has 0 bridgehead atoms. The normalized spacial score (nSPS) is 10.7. The second-order valence-electron chi connectivity index (χ2n) is 5.70. The number of benzene rings is 2. The third-order valence-electron chi connectivity index (χ3n) is 3.76. The van der Waals surface area contributed by atoms with Crippen molar-refractivity contribution in [3.8, 4) is 34.3 Å². The molecule has 0 saturated heterocycles. The summed E-state index contributed by atoms with van der Waals surface area (Å²) in [6, 6.07) is 10.9. The van der Waals surface area contributed by atoms with Crippen LogP contribution >= 0.6 is 0 Å². The summed E-state index contributed by atoms with van der Waals surface area (Å²) in [7, 11) is 0. The summed E-state index contributed by atoms with van der Waals surface area (Å²) >= 11 is 0. The van der Waals surface area contributed by atoms with Gasteiger partial charge in [-0.25, -0.2) is 15.0 Å². The number of phenolic OH excluding ortho intramolecular Hbond substituents is 1.